The lowest BCUT2D eigenvalue weighted by molar-refractivity contribution is 0.0910. The van der Waals surface area contributed by atoms with Gasteiger partial charge < -0.3 is 5.32 Å². The van der Waals surface area contributed by atoms with Gasteiger partial charge in [-0.25, -0.2) is 0 Å². The van der Waals surface area contributed by atoms with Gasteiger partial charge in [0.1, 0.15) is 0 Å². The molecule has 0 atom stereocenters. The van der Waals surface area contributed by atoms with Crippen LogP contribution in [0.5, 0.6) is 0 Å². The zero-order chi connectivity index (χ0) is 13.0. The highest BCUT2D eigenvalue weighted by atomic mass is 16.1. The van der Waals surface area contributed by atoms with Crippen LogP contribution in [-0.4, -0.2) is 11.9 Å². The zero-order valence-electron chi connectivity index (χ0n) is 11.4. The minimum atomic E-state index is 0.0254. The van der Waals surface area contributed by atoms with Crippen molar-refractivity contribution in [2.24, 2.45) is 11.8 Å². The molecule has 0 aliphatic heterocycles. The first-order valence-electron chi connectivity index (χ1n) is 6.29. The third-order valence-electron chi connectivity index (χ3n) is 3.05. The number of carbonyl (C=O) groups is 1. The Bertz CT molecular complexity index is 357. The fourth-order valence-corrected chi connectivity index (χ4v) is 2.04. The van der Waals surface area contributed by atoms with E-state index < -0.39 is 0 Å². The number of carbonyl (C=O) groups excluding carboxylic acids is 1. The van der Waals surface area contributed by atoms with Gasteiger partial charge >= 0.3 is 0 Å². The molecule has 0 unspecified atom stereocenters. The van der Waals surface area contributed by atoms with E-state index in [2.05, 4.69) is 33.0 Å². The molecular weight excluding hydrogens is 210 g/mol. The summed E-state index contributed by atoms with van der Waals surface area (Å²) in [5, 5.41) is 3.11. The van der Waals surface area contributed by atoms with Crippen LogP contribution < -0.4 is 5.32 Å². The summed E-state index contributed by atoms with van der Waals surface area (Å²) < 4.78 is 0. The third-order valence-corrected chi connectivity index (χ3v) is 3.05. The van der Waals surface area contributed by atoms with E-state index in [1.165, 1.54) is 5.56 Å². The van der Waals surface area contributed by atoms with Crippen LogP contribution in [-0.2, 0) is 0 Å². The summed E-state index contributed by atoms with van der Waals surface area (Å²) in [5.74, 6) is 0.922. The van der Waals surface area contributed by atoms with Crippen LogP contribution in [0.15, 0.2) is 24.3 Å². The SMILES string of the molecule is Cc1ccc(C(=O)NC(C(C)C)C(C)C)cc1. The maximum absolute atomic E-state index is 12.1. The lowest BCUT2D eigenvalue weighted by Crippen LogP contribution is -2.42. The van der Waals surface area contributed by atoms with Crippen LogP contribution in [0, 0.1) is 18.8 Å². The Morgan fingerprint density at radius 3 is 1.88 bits per heavy atom. The molecule has 0 aromatic heterocycles. The summed E-state index contributed by atoms with van der Waals surface area (Å²) in [7, 11) is 0. The van der Waals surface area contributed by atoms with Crippen molar-refractivity contribution in [1.82, 2.24) is 5.32 Å². The Labute approximate surface area is 104 Å². The van der Waals surface area contributed by atoms with Gasteiger partial charge in [0.25, 0.3) is 5.91 Å². The summed E-state index contributed by atoms with van der Waals surface area (Å²) in [6, 6.07) is 7.91. The molecule has 1 aromatic carbocycles. The summed E-state index contributed by atoms with van der Waals surface area (Å²) in [5.41, 5.74) is 1.91. The second-order valence-corrected chi connectivity index (χ2v) is 5.35. The third kappa shape index (κ3) is 3.88. The van der Waals surface area contributed by atoms with Crippen LogP contribution in [0.2, 0.25) is 0 Å². The number of amides is 1. The van der Waals surface area contributed by atoms with Crippen molar-refractivity contribution < 1.29 is 4.79 Å². The van der Waals surface area contributed by atoms with Crippen molar-refractivity contribution in [2.45, 2.75) is 40.7 Å². The van der Waals surface area contributed by atoms with E-state index in [4.69, 9.17) is 0 Å². The number of nitrogens with one attached hydrogen (secondary N) is 1. The average molecular weight is 233 g/mol. The number of benzene rings is 1. The molecule has 17 heavy (non-hydrogen) atoms. The number of aryl methyl sites for hydroxylation is 1. The Morgan fingerprint density at radius 1 is 1.00 bits per heavy atom. The molecule has 0 aliphatic carbocycles. The molecule has 0 heterocycles. The molecule has 2 heteroatoms. The summed E-state index contributed by atoms with van der Waals surface area (Å²) >= 11 is 0. The Hall–Kier alpha value is -1.31. The molecule has 0 saturated carbocycles. The molecule has 0 aliphatic rings. The fourth-order valence-electron chi connectivity index (χ4n) is 2.04. The molecular formula is C15H23NO. The van der Waals surface area contributed by atoms with Crippen molar-refractivity contribution >= 4 is 5.91 Å². The van der Waals surface area contributed by atoms with Crippen molar-refractivity contribution in [3.05, 3.63) is 35.4 Å². The molecule has 0 spiro atoms. The maximum atomic E-state index is 12.1. The molecule has 1 N–H and O–H groups in total. The van der Waals surface area contributed by atoms with Gasteiger partial charge in [-0.3, -0.25) is 4.79 Å². The second kappa shape index (κ2) is 5.85. The Morgan fingerprint density at radius 2 is 1.47 bits per heavy atom. The lowest BCUT2D eigenvalue weighted by Gasteiger charge is -2.26. The molecule has 0 bridgehead atoms. The topological polar surface area (TPSA) is 29.1 Å². The molecule has 1 amide bonds. The summed E-state index contributed by atoms with van der Waals surface area (Å²) in [6.07, 6.45) is 0. The predicted molar refractivity (Wildman–Crippen MR) is 72.1 cm³/mol. The van der Waals surface area contributed by atoms with Crippen molar-refractivity contribution in [1.29, 1.82) is 0 Å². The van der Waals surface area contributed by atoms with E-state index >= 15 is 0 Å². The highest BCUT2D eigenvalue weighted by molar-refractivity contribution is 5.94. The van der Waals surface area contributed by atoms with Gasteiger partial charge in [-0.2, -0.15) is 0 Å². The van der Waals surface area contributed by atoms with E-state index in [-0.39, 0.29) is 11.9 Å². The van der Waals surface area contributed by atoms with Crippen LogP contribution in [0.1, 0.15) is 43.6 Å². The fraction of sp³-hybridized carbons (Fsp3) is 0.533. The van der Waals surface area contributed by atoms with E-state index in [1.54, 1.807) is 0 Å². The minimum absolute atomic E-state index is 0.0254. The second-order valence-electron chi connectivity index (χ2n) is 5.35. The molecule has 2 nitrogen and oxygen atoms in total. The quantitative estimate of drug-likeness (QED) is 0.848. The monoisotopic (exact) mass is 233 g/mol. The van der Waals surface area contributed by atoms with Crippen LogP contribution in [0.4, 0.5) is 0 Å². The summed E-state index contributed by atoms with van der Waals surface area (Å²) in [4.78, 5) is 12.1. The van der Waals surface area contributed by atoms with Gasteiger partial charge in [-0.1, -0.05) is 45.4 Å². The van der Waals surface area contributed by atoms with E-state index in [0.29, 0.717) is 11.8 Å². The minimum Gasteiger partial charge on any atom is -0.349 e. The van der Waals surface area contributed by atoms with Gasteiger partial charge in [-0.15, -0.1) is 0 Å². The van der Waals surface area contributed by atoms with Gasteiger partial charge in [0, 0.05) is 11.6 Å². The van der Waals surface area contributed by atoms with Crippen LogP contribution in [0.3, 0.4) is 0 Å². The number of rotatable bonds is 4. The van der Waals surface area contributed by atoms with Gasteiger partial charge in [-0.05, 0) is 30.9 Å². The first kappa shape index (κ1) is 13.8. The highest BCUT2D eigenvalue weighted by Gasteiger charge is 2.20. The largest absolute Gasteiger partial charge is 0.349 e. The molecule has 1 aromatic rings. The smallest absolute Gasteiger partial charge is 0.251 e. The van der Waals surface area contributed by atoms with Gasteiger partial charge in [0.15, 0.2) is 0 Å². The van der Waals surface area contributed by atoms with E-state index in [1.807, 2.05) is 31.2 Å². The van der Waals surface area contributed by atoms with Crippen molar-refractivity contribution in [3.63, 3.8) is 0 Å². The van der Waals surface area contributed by atoms with Gasteiger partial charge in [0.2, 0.25) is 0 Å². The summed E-state index contributed by atoms with van der Waals surface area (Å²) in [6.45, 7) is 10.6. The van der Waals surface area contributed by atoms with Crippen molar-refractivity contribution in [2.75, 3.05) is 0 Å². The normalized spacial score (nSPS) is 11.3. The first-order valence-corrected chi connectivity index (χ1v) is 6.29. The van der Waals surface area contributed by atoms with E-state index in [0.717, 1.165) is 5.56 Å². The zero-order valence-corrected chi connectivity index (χ0v) is 11.4. The number of hydrogen-bond donors (Lipinski definition) is 1. The molecule has 0 saturated heterocycles. The molecule has 94 valence electrons. The highest BCUT2D eigenvalue weighted by Crippen LogP contribution is 2.13. The Balaban J connectivity index is 2.74. The lowest BCUT2D eigenvalue weighted by atomic mass is 9.93. The van der Waals surface area contributed by atoms with E-state index in [9.17, 15) is 4.79 Å². The average Bonchev–Trinajstić information content (AvgIpc) is 2.25. The standard InChI is InChI=1S/C15H23NO/c1-10(2)14(11(3)4)16-15(17)13-8-6-12(5)7-9-13/h6-11,14H,1-5H3,(H,16,17). The molecule has 0 radical (unpaired) electrons. The molecule has 1 rings (SSSR count). The van der Waals surface area contributed by atoms with Gasteiger partial charge in [0.05, 0.1) is 0 Å². The van der Waals surface area contributed by atoms with Crippen LogP contribution in [0.25, 0.3) is 0 Å². The maximum Gasteiger partial charge on any atom is 0.251 e. The van der Waals surface area contributed by atoms with Crippen molar-refractivity contribution in [3.8, 4) is 0 Å². The van der Waals surface area contributed by atoms with Crippen LogP contribution >= 0.6 is 0 Å². The Kier molecular flexibility index (Phi) is 4.73. The predicted octanol–water partition coefficient (Wildman–Crippen LogP) is 3.41. The first-order chi connectivity index (χ1) is 7.91. The number of hydrogen-bond acceptors (Lipinski definition) is 1. The molecule has 0 fully saturated rings.